The second kappa shape index (κ2) is 23.7. The number of carboxylic acids is 2. The van der Waals surface area contributed by atoms with Crippen molar-refractivity contribution in [3.05, 3.63) is 59.7 Å². The molecule has 0 heterocycles. The number of unbranched alkanes of at least 4 members (excludes halogenated alkanes) is 12. The van der Waals surface area contributed by atoms with E-state index in [0.29, 0.717) is 12.2 Å². The number of aryl methyl sites for hydroxylation is 2. The largest absolute Gasteiger partial charge is 2.00 e. The van der Waals surface area contributed by atoms with E-state index >= 15 is 0 Å². The molecule has 0 atom stereocenters. The number of hydrogen-bond donors (Lipinski definition) is 0. The third-order valence-electron chi connectivity index (χ3n) is 6.57. The fraction of sp³-hybridized carbons (Fsp3) is 0.562. The van der Waals surface area contributed by atoms with Crippen LogP contribution in [0.3, 0.4) is 0 Å². The first-order valence-corrected chi connectivity index (χ1v) is 14.1. The molecule has 0 aliphatic heterocycles. The Labute approximate surface area is 254 Å². The van der Waals surface area contributed by atoms with Crippen LogP contribution < -0.4 is 10.2 Å². The fourth-order valence-electron chi connectivity index (χ4n) is 4.58. The van der Waals surface area contributed by atoms with Crippen LogP contribution in [0.25, 0.3) is 10.8 Å². The van der Waals surface area contributed by atoms with E-state index in [1.165, 1.54) is 114 Å². The molecular formula is C32H46CaO4. The molecule has 0 bridgehead atoms. The van der Waals surface area contributed by atoms with E-state index in [1.807, 2.05) is 0 Å². The van der Waals surface area contributed by atoms with Gasteiger partial charge in [-0.1, -0.05) is 127 Å². The van der Waals surface area contributed by atoms with Crippen molar-refractivity contribution >= 4 is 60.4 Å². The van der Waals surface area contributed by atoms with Gasteiger partial charge in [0.05, 0.1) is 11.9 Å². The normalized spacial score (nSPS) is 10.6. The Hall–Kier alpha value is -1.36. The molecule has 200 valence electrons. The smallest absolute Gasteiger partial charge is 0.545 e. The van der Waals surface area contributed by atoms with Crippen molar-refractivity contribution in [1.29, 1.82) is 0 Å². The van der Waals surface area contributed by atoms with Crippen molar-refractivity contribution in [2.45, 2.75) is 117 Å². The van der Waals surface area contributed by atoms with Gasteiger partial charge in [0.1, 0.15) is 0 Å². The Bertz CT molecular complexity index is 891. The van der Waals surface area contributed by atoms with Gasteiger partial charge in [0.15, 0.2) is 0 Å². The summed E-state index contributed by atoms with van der Waals surface area (Å²) in [5, 5.41) is 21.8. The number of fused-ring (bicyclic) bond motifs is 1. The maximum absolute atomic E-state index is 9.41. The summed E-state index contributed by atoms with van der Waals surface area (Å²) in [5.41, 5.74) is 3.27. The summed E-state index contributed by atoms with van der Waals surface area (Å²) >= 11 is 0. The maximum atomic E-state index is 9.41. The zero-order valence-electron chi connectivity index (χ0n) is 23.3. The third-order valence-corrected chi connectivity index (χ3v) is 6.57. The van der Waals surface area contributed by atoms with Crippen LogP contribution in [0.5, 0.6) is 0 Å². The monoisotopic (exact) mass is 534 g/mol. The zero-order chi connectivity index (χ0) is 26.4. The van der Waals surface area contributed by atoms with Crippen LogP contribution >= 0.6 is 0 Å². The van der Waals surface area contributed by atoms with Crippen molar-refractivity contribution < 1.29 is 19.8 Å². The van der Waals surface area contributed by atoms with Gasteiger partial charge < -0.3 is 19.8 Å². The molecule has 0 unspecified atom stereocenters. The number of hydrogen-bond acceptors (Lipinski definition) is 4. The van der Waals surface area contributed by atoms with E-state index in [4.69, 9.17) is 0 Å². The fourth-order valence-corrected chi connectivity index (χ4v) is 4.58. The number of benzene rings is 2. The first-order valence-electron chi connectivity index (χ1n) is 14.1. The molecule has 0 radical (unpaired) electrons. The molecule has 0 spiro atoms. The van der Waals surface area contributed by atoms with E-state index in [9.17, 15) is 19.8 Å². The molecular weight excluding hydrogens is 488 g/mol. The molecule has 2 aromatic rings. The van der Waals surface area contributed by atoms with Gasteiger partial charge in [-0.15, -0.1) is 0 Å². The van der Waals surface area contributed by atoms with Crippen LogP contribution in [0, 0.1) is 0 Å². The molecule has 0 aliphatic rings. The molecule has 5 heteroatoms. The van der Waals surface area contributed by atoms with Crippen LogP contribution in [-0.4, -0.2) is 49.7 Å². The van der Waals surface area contributed by atoms with E-state index in [1.54, 1.807) is 11.1 Å². The number of aliphatic carboxylic acids is 2. The summed E-state index contributed by atoms with van der Waals surface area (Å²) in [7, 11) is 0. The van der Waals surface area contributed by atoms with Crippen LogP contribution in [0.2, 0.25) is 0 Å². The summed E-state index contributed by atoms with van der Waals surface area (Å²) in [6.45, 7) is 4.60. The molecule has 0 aliphatic carbocycles. The van der Waals surface area contributed by atoms with E-state index in [2.05, 4.69) is 50.2 Å². The molecule has 0 saturated carbocycles. The van der Waals surface area contributed by atoms with Crippen molar-refractivity contribution in [2.75, 3.05) is 0 Å². The Morgan fingerprint density at radius 2 is 1.08 bits per heavy atom. The SMILES string of the molecule is CCCCCCCCCc1ccc2ccccc2c1CCCCCCCCC.O=C([O-])/C=C\C(=O)[O-].[Ca+2]. The summed E-state index contributed by atoms with van der Waals surface area (Å²) in [4.78, 5) is 18.8. The van der Waals surface area contributed by atoms with Gasteiger partial charge in [-0.3, -0.25) is 0 Å². The Morgan fingerprint density at radius 1 is 0.622 bits per heavy atom. The van der Waals surface area contributed by atoms with Crippen LogP contribution in [-0.2, 0) is 22.4 Å². The minimum absolute atomic E-state index is 0. The van der Waals surface area contributed by atoms with E-state index in [0.717, 1.165) is 0 Å². The summed E-state index contributed by atoms with van der Waals surface area (Å²) < 4.78 is 0. The van der Waals surface area contributed by atoms with Crippen LogP contribution in [0.1, 0.15) is 115 Å². The molecule has 0 fully saturated rings. The zero-order valence-corrected chi connectivity index (χ0v) is 25.5. The first kappa shape index (κ1) is 35.6. The number of carbonyl (C=O) groups is 2. The standard InChI is InChI=1S/C28H44.C4H4O4.Ca/c1-3-5-7-9-11-13-15-19-25-23-24-26-20-17-18-22-28(26)27(25)21-16-14-12-10-8-6-4-2;5-3(6)1-2-4(7)8;/h17-18,20,22-24H,3-16,19,21H2,1-2H3;1-2H,(H,5,6)(H,7,8);/q;;+2/p-2/b;2-1-;. The molecule has 2 aromatic carbocycles. The summed E-state index contributed by atoms with van der Waals surface area (Å²) in [5.74, 6) is -3.09. The van der Waals surface area contributed by atoms with Gasteiger partial charge in [0.2, 0.25) is 0 Å². The Kier molecular flexibility index (Phi) is 22.9. The summed E-state index contributed by atoms with van der Waals surface area (Å²) in [6.07, 6.45) is 22.8. The van der Waals surface area contributed by atoms with Crippen LogP contribution in [0.15, 0.2) is 48.6 Å². The predicted octanol–water partition coefficient (Wildman–Crippen LogP) is 6.09. The molecule has 0 aromatic heterocycles. The average Bonchev–Trinajstić information content (AvgIpc) is 2.87. The van der Waals surface area contributed by atoms with Gasteiger partial charge in [0.25, 0.3) is 0 Å². The van der Waals surface area contributed by atoms with Gasteiger partial charge in [0, 0.05) is 0 Å². The van der Waals surface area contributed by atoms with Crippen molar-refractivity contribution in [1.82, 2.24) is 0 Å². The van der Waals surface area contributed by atoms with Crippen molar-refractivity contribution in [2.24, 2.45) is 0 Å². The van der Waals surface area contributed by atoms with Crippen molar-refractivity contribution in [3.8, 4) is 0 Å². The van der Waals surface area contributed by atoms with Gasteiger partial charge in [-0.05, 0) is 59.7 Å². The molecule has 2 rings (SSSR count). The quantitative estimate of drug-likeness (QED) is 0.132. The maximum Gasteiger partial charge on any atom is 2.00 e. The Balaban J connectivity index is 0.00000125. The summed E-state index contributed by atoms with van der Waals surface area (Å²) in [6, 6.07) is 13.8. The third kappa shape index (κ3) is 17.7. The number of carbonyl (C=O) groups excluding carboxylic acids is 2. The van der Waals surface area contributed by atoms with Crippen LogP contribution in [0.4, 0.5) is 0 Å². The Morgan fingerprint density at radius 3 is 1.59 bits per heavy atom. The second-order valence-corrected chi connectivity index (χ2v) is 9.64. The minimum atomic E-state index is -1.55. The average molecular weight is 535 g/mol. The van der Waals surface area contributed by atoms with E-state index in [-0.39, 0.29) is 37.7 Å². The molecule has 0 saturated heterocycles. The number of carboxylic acid groups (broad SMARTS) is 2. The van der Waals surface area contributed by atoms with Gasteiger partial charge in [-0.2, -0.15) is 0 Å². The molecule has 37 heavy (non-hydrogen) atoms. The molecule has 4 nitrogen and oxygen atoms in total. The predicted molar refractivity (Wildman–Crippen MR) is 152 cm³/mol. The van der Waals surface area contributed by atoms with E-state index < -0.39 is 11.9 Å². The van der Waals surface area contributed by atoms with Crippen molar-refractivity contribution in [3.63, 3.8) is 0 Å². The second-order valence-electron chi connectivity index (χ2n) is 9.64. The van der Waals surface area contributed by atoms with Gasteiger partial charge in [-0.25, -0.2) is 0 Å². The molecule has 0 amide bonds. The topological polar surface area (TPSA) is 80.3 Å². The van der Waals surface area contributed by atoms with Gasteiger partial charge >= 0.3 is 37.7 Å². The molecule has 0 N–H and O–H groups in total. The number of rotatable bonds is 18. The minimum Gasteiger partial charge on any atom is -0.545 e. The first-order chi connectivity index (χ1) is 17.5.